The van der Waals surface area contributed by atoms with Gasteiger partial charge < -0.3 is 0 Å². The van der Waals surface area contributed by atoms with E-state index in [1.807, 2.05) is 47.7 Å². The molecule has 0 radical (unpaired) electrons. The van der Waals surface area contributed by atoms with E-state index in [0.29, 0.717) is 28.9 Å². The van der Waals surface area contributed by atoms with Gasteiger partial charge in [-0.1, -0.05) is 158 Å². The van der Waals surface area contributed by atoms with E-state index in [4.69, 9.17) is 24.9 Å². The normalized spacial score (nSPS) is 14.3. The van der Waals surface area contributed by atoms with E-state index in [-0.39, 0.29) is 0 Å². The lowest BCUT2D eigenvalue weighted by Crippen LogP contribution is -2.44. The van der Waals surface area contributed by atoms with Crippen LogP contribution in [0.25, 0.3) is 76.9 Å². The van der Waals surface area contributed by atoms with E-state index >= 15 is 0 Å². The molecule has 4 aromatic heterocycles. The van der Waals surface area contributed by atoms with Crippen LogP contribution in [-0.4, -0.2) is 24.9 Å². The highest BCUT2D eigenvalue weighted by molar-refractivity contribution is 7.26. The minimum atomic E-state index is -0.782. The van der Waals surface area contributed by atoms with E-state index in [0.717, 1.165) is 5.56 Å². The largest absolute Gasteiger partial charge is 0.253 e. The zero-order valence-electron chi connectivity index (χ0n) is 33.7. The molecule has 0 atom stereocenters. The van der Waals surface area contributed by atoms with Crippen LogP contribution in [0.3, 0.4) is 0 Å². The van der Waals surface area contributed by atoms with Crippen molar-refractivity contribution < 1.29 is 0 Å². The molecule has 3 aliphatic rings. The van der Waals surface area contributed by atoms with Crippen LogP contribution in [0.1, 0.15) is 44.5 Å². The van der Waals surface area contributed by atoms with Gasteiger partial charge in [0, 0.05) is 38.1 Å². The first-order chi connectivity index (χ1) is 31.3. The fourth-order valence-electron chi connectivity index (χ4n) is 11.5. The summed E-state index contributed by atoms with van der Waals surface area (Å²) in [5.41, 5.74) is 16.1. The summed E-state index contributed by atoms with van der Waals surface area (Å²) in [5, 5.41) is 2.54. The molecule has 6 heteroatoms. The zero-order valence-corrected chi connectivity index (χ0v) is 34.5. The van der Waals surface area contributed by atoms with Gasteiger partial charge in [-0.25, -0.2) is 15.0 Å². The monoisotopic (exact) mass is 819 g/mol. The Morgan fingerprint density at radius 3 is 1.40 bits per heavy atom. The molecule has 0 fully saturated rings. The number of nitrogens with zero attached hydrogens (tertiary/aromatic N) is 5. The van der Waals surface area contributed by atoms with Crippen molar-refractivity contribution in [3.8, 4) is 56.7 Å². The van der Waals surface area contributed by atoms with Gasteiger partial charge in [-0.05, 0) is 97.1 Å². The molecule has 4 heterocycles. The van der Waals surface area contributed by atoms with Gasteiger partial charge in [-0.3, -0.25) is 9.97 Å². The fraction of sp³-hybridized carbons (Fsp3) is 0.0351. The number of thiophene rings is 1. The van der Waals surface area contributed by atoms with Gasteiger partial charge in [0.15, 0.2) is 17.5 Å². The lowest BCUT2D eigenvalue weighted by Gasteiger charge is -2.49. The van der Waals surface area contributed by atoms with Crippen molar-refractivity contribution in [2.75, 3.05) is 0 Å². The highest BCUT2D eigenvalue weighted by Crippen LogP contribution is 2.69. The first kappa shape index (κ1) is 34.7. The van der Waals surface area contributed by atoms with Gasteiger partial charge >= 0.3 is 0 Å². The minimum Gasteiger partial charge on any atom is -0.253 e. The summed E-state index contributed by atoms with van der Waals surface area (Å²) in [6, 6.07) is 68.6. The predicted molar refractivity (Wildman–Crippen MR) is 253 cm³/mol. The van der Waals surface area contributed by atoms with Crippen molar-refractivity contribution in [2.24, 2.45) is 0 Å². The molecule has 5 nitrogen and oxygen atoms in total. The summed E-state index contributed by atoms with van der Waals surface area (Å²) in [6.07, 6.45) is 3.57. The Morgan fingerprint density at radius 1 is 0.317 bits per heavy atom. The Balaban J connectivity index is 1.17. The smallest absolute Gasteiger partial charge is 0.182 e. The number of pyridine rings is 2. The van der Waals surface area contributed by atoms with Crippen LogP contribution in [-0.2, 0) is 10.8 Å². The van der Waals surface area contributed by atoms with E-state index in [2.05, 4.69) is 152 Å². The second-order valence-electron chi connectivity index (χ2n) is 16.6. The van der Waals surface area contributed by atoms with Gasteiger partial charge in [0.1, 0.15) is 11.4 Å². The molecule has 63 heavy (non-hydrogen) atoms. The summed E-state index contributed by atoms with van der Waals surface area (Å²) in [4.78, 5) is 25.2. The number of aromatic nitrogens is 5. The number of rotatable bonds is 3. The molecule has 2 spiro atoms. The first-order valence-corrected chi connectivity index (χ1v) is 22.1. The molecule has 11 aromatic rings. The maximum atomic E-state index is 5.35. The van der Waals surface area contributed by atoms with Crippen molar-refractivity contribution in [1.82, 2.24) is 24.9 Å². The van der Waals surface area contributed by atoms with Crippen molar-refractivity contribution in [3.05, 3.63) is 245 Å². The highest BCUT2D eigenvalue weighted by atomic mass is 32.1. The zero-order chi connectivity index (χ0) is 41.3. The second-order valence-corrected chi connectivity index (χ2v) is 17.7. The Labute approximate surface area is 367 Å². The van der Waals surface area contributed by atoms with Crippen LogP contribution in [0.4, 0.5) is 0 Å². The van der Waals surface area contributed by atoms with Crippen molar-refractivity contribution in [3.63, 3.8) is 0 Å². The van der Waals surface area contributed by atoms with Crippen LogP contribution in [0.15, 0.2) is 200 Å². The van der Waals surface area contributed by atoms with Crippen LogP contribution in [0.5, 0.6) is 0 Å². The Kier molecular flexibility index (Phi) is 7.06. The first-order valence-electron chi connectivity index (χ1n) is 21.3. The Morgan fingerprint density at radius 2 is 0.794 bits per heavy atom. The number of hydrogen-bond donors (Lipinski definition) is 0. The maximum Gasteiger partial charge on any atom is 0.182 e. The second kappa shape index (κ2) is 12.8. The van der Waals surface area contributed by atoms with Crippen LogP contribution in [0.2, 0.25) is 0 Å². The van der Waals surface area contributed by atoms with Gasteiger partial charge in [0.05, 0.1) is 10.8 Å². The van der Waals surface area contributed by atoms with Crippen LogP contribution < -0.4 is 0 Å². The molecular formula is C57H33N5S. The maximum absolute atomic E-state index is 5.35. The fourth-order valence-corrected chi connectivity index (χ4v) is 12.8. The average molecular weight is 820 g/mol. The number of fused-ring (bicyclic) bond motifs is 20. The molecule has 0 saturated heterocycles. The third-order valence-electron chi connectivity index (χ3n) is 13.7. The summed E-state index contributed by atoms with van der Waals surface area (Å²) < 4.78 is 2.57. The molecule has 0 amide bonds. The standard InChI is InChI=1S/C57H33N5S/c1-4-21-41-34(16-1)35-17-2-5-22-42(35)56(41)43-23-6-8-25-45(43)57(46-26-9-7-24-44(46)56)50-37(38-30-31-39-36-18-3-10-29-49(36)63-52(39)51(38)57)19-15-20-40(50)53-60-54(47-27-11-13-32-58-47)62-55(61-53)48-28-12-14-33-59-48/h1-33H. The molecule has 7 aromatic carbocycles. The third-order valence-corrected chi connectivity index (χ3v) is 14.9. The molecule has 0 unspecified atom stereocenters. The van der Waals surface area contributed by atoms with E-state index in [1.165, 1.54) is 86.9 Å². The van der Waals surface area contributed by atoms with Crippen LogP contribution >= 0.6 is 11.3 Å². The number of benzene rings is 7. The summed E-state index contributed by atoms with van der Waals surface area (Å²) in [7, 11) is 0. The topological polar surface area (TPSA) is 64.5 Å². The molecular weight excluding hydrogens is 787 g/mol. The van der Waals surface area contributed by atoms with Gasteiger partial charge in [-0.2, -0.15) is 0 Å². The lowest BCUT2D eigenvalue weighted by molar-refractivity contribution is 0.636. The molecule has 14 rings (SSSR count). The highest BCUT2D eigenvalue weighted by Gasteiger charge is 2.60. The summed E-state index contributed by atoms with van der Waals surface area (Å²) in [6.45, 7) is 0. The van der Waals surface area contributed by atoms with Gasteiger partial charge in [0.2, 0.25) is 0 Å². The Hall–Kier alpha value is -7.93. The third kappa shape index (κ3) is 4.42. The van der Waals surface area contributed by atoms with Crippen molar-refractivity contribution in [2.45, 2.75) is 10.8 Å². The quantitative estimate of drug-likeness (QED) is 0.178. The van der Waals surface area contributed by atoms with E-state index in [1.54, 1.807) is 12.4 Å². The molecule has 0 N–H and O–H groups in total. The predicted octanol–water partition coefficient (Wildman–Crippen LogP) is 13.1. The summed E-state index contributed by atoms with van der Waals surface area (Å²) in [5.74, 6) is 1.57. The minimum absolute atomic E-state index is 0.498. The van der Waals surface area contributed by atoms with Crippen molar-refractivity contribution in [1.29, 1.82) is 0 Å². The van der Waals surface area contributed by atoms with E-state index < -0.39 is 10.8 Å². The Bertz CT molecular complexity index is 3550. The van der Waals surface area contributed by atoms with E-state index in [9.17, 15) is 0 Å². The molecule has 0 saturated carbocycles. The summed E-state index contributed by atoms with van der Waals surface area (Å²) >= 11 is 1.90. The molecule has 3 aliphatic carbocycles. The lowest BCUT2D eigenvalue weighted by atomic mass is 9.52. The van der Waals surface area contributed by atoms with Crippen LogP contribution in [0, 0.1) is 0 Å². The number of hydrogen-bond acceptors (Lipinski definition) is 6. The molecule has 0 aliphatic heterocycles. The average Bonchev–Trinajstić information content (AvgIpc) is 3.99. The molecule has 0 bridgehead atoms. The van der Waals surface area contributed by atoms with Gasteiger partial charge in [0.25, 0.3) is 0 Å². The van der Waals surface area contributed by atoms with Crippen molar-refractivity contribution >= 4 is 31.5 Å². The SMILES string of the molecule is c1ccc(-c2nc(-c3ccccn3)nc(-c3cccc4c3C3(c5ccccc5C5(c6ccccc6-c6ccccc65)c5ccccc53)c3c-4ccc4c3sc3ccccc34)n2)nc1. The molecule has 292 valence electrons. The van der Waals surface area contributed by atoms with Gasteiger partial charge in [-0.15, -0.1) is 11.3 Å².